The van der Waals surface area contributed by atoms with E-state index in [2.05, 4.69) is 0 Å². The molecule has 2 aromatic carbocycles. The van der Waals surface area contributed by atoms with Crippen molar-refractivity contribution in [1.82, 2.24) is 4.90 Å². The minimum absolute atomic E-state index is 0.00237. The summed E-state index contributed by atoms with van der Waals surface area (Å²) in [5.41, 5.74) is 1.78. The predicted octanol–water partition coefficient (Wildman–Crippen LogP) is 4.73. The maximum absolute atomic E-state index is 13.2. The van der Waals surface area contributed by atoms with Gasteiger partial charge in [0.05, 0.1) is 29.3 Å². The van der Waals surface area contributed by atoms with Gasteiger partial charge in [-0.15, -0.1) is 0 Å². The van der Waals surface area contributed by atoms with Crippen LogP contribution in [0.4, 0.5) is 0 Å². The molecule has 0 radical (unpaired) electrons. The number of aliphatic hydroxyl groups excluding tert-OH is 1. The summed E-state index contributed by atoms with van der Waals surface area (Å²) in [5.74, 6) is -1.34. The second kappa shape index (κ2) is 8.27. The van der Waals surface area contributed by atoms with Gasteiger partial charge in [0.15, 0.2) is 0 Å². The van der Waals surface area contributed by atoms with E-state index < -0.39 is 17.7 Å². The number of halogens is 1. The molecule has 0 aromatic heterocycles. The molecule has 2 aromatic rings. The molecule has 31 heavy (non-hydrogen) atoms. The van der Waals surface area contributed by atoms with Gasteiger partial charge in [-0.05, 0) is 49.6 Å². The fraction of sp³-hybridized carbons (Fsp3) is 0.333. The minimum Gasteiger partial charge on any atom is -0.507 e. The molecular weight excluding hydrogens is 418 g/mol. The molecule has 1 heterocycles. The third-order valence-corrected chi connectivity index (χ3v) is 6.40. The molecule has 4 rings (SSSR count). The van der Waals surface area contributed by atoms with Gasteiger partial charge in [0, 0.05) is 6.04 Å². The second-order valence-electron chi connectivity index (χ2n) is 8.06. The van der Waals surface area contributed by atoms with Gasteiger partial charge in [-0.2, -0.15) is 0 Å². The van der Waals surface area contributed by atoms with Crippen molar-refractivity contribution in [1.29, 1.82) is 0 Å². The summed E-state index contributed by atoms with van der Waals surface area (Å²) in [6, 6.07) is 8.97. The van der Waals surface area contributed by atoms with E-state index in [1.165, 1.54) is 19.2 Å². The third-order valence-electron chi connectivity index (χ3n) is 6.10. The van der Waals surface area contributed by atoms with E-state index in [1.807, 2.05) is 13.0 Å². The Bertz CT molecular complexity index is 1090. The van der Waals surface area contributed by atoms with Crippen molar-refractivity contribution < 1.29 is 24.5 Å². The van der Waals surface area contributed by atoms with Crippen molar-refractivity contribution in [3.63, 3.8) is 0 Å². The lowest BCUT2D eigenvalue weighted by Crippen LogP contribution is -2.37. The monoisotopic (exact) mass is 441 g/mol. The topological polar surface area (TPSA) is 87.1 Å². The maximum Gasteiger partial charge on any atom is 0.295 e. The number of aromatic hydroxyl groups is 1. The molecular formula is C24H24ClNO5. The predicted molar refractivity (Wildman–Crippen MR) is 117 cm³/mol. The van der Waals surface area contributed by atoms with Crippen LogP contribution in [0.5, 0.6) is 11.5 Å². The van der Waals surface area contributed by atoms with Crippen LogP contribution in [-0.2, 0) is 9.59 Å². The minimum atomic E-state index is -0.800. The zero-order valence-corrected chi connectivity index (χ0v) is 18.1. The number of hydrogen-bond donors (Lipinski definition) is 2. The molecule has 1 saturated heterocycles. The first-order valence-corrected chi connectivity index (χ1v) is 10.6. The first-order valence-electron chi connectivity index (χ1n) is 10.3. The number of benzene rings is 2. The van der Waals surface area contributed by atoms with Crippen LogP contribution in [0.1, 0.15) is 48.4 Å². The standard InChI is InChI=1S/C24H24ClNO5/c1-13-7-10-19(31-2)16(11-13)22(28)20-21(14-8-9-18(27)17(25)12-14)26(24(30)23(20)29)15-5-3-4-6-15/h7-12,15,21,27-28H,3-6H2,1-2H3/b22-20+. The highest BCUT2D eigenvalue weighted by atomic mass is 35.5. The smallest absolute Gasteiger partial charge is 0.295 e. The quantitative estimate of drug-likeness (QED) is 0.407. The number of methoxy groups -OCH3 is 1. The molecule has 1 saturated carbocycles. The molecule has 2 aliphatic rings. The number of carbonyl (C=O) groups is 2. The van der Waals surface area contributed by atoms with E-state index in [4.69, 9.17) is 16.3 Å². The summed E-state index contributed by atoms with van der Waals surface area (Å²) >= 11 is 6.15. The summed E-state index contributed by atoms with van der Waals surface area (Å²) in [6.45, 7) is 1.87. The Morgan fingerprint density at radius 1 is 1.13 bits per heavy atom. The Labute approximate surface area is 185 Å². The van der Waals surface area contributed by atoms with Gasteiger partial charge in [0.1, 0.15) is 17.3 Å². The first-order chi connectivity index (χ1) is 14.8. The summed E-state index contributed by atoms with van der Waals surface area (Å²) in [6.07, 6.45) is 3.54. The van der Waals surface area contributed by atoms with Crippen molar-refractivity contribution in [3.8, 4) is 11.5 Å². The third kappa shape index (κ3) is 3.65. The van der Waals surface area contributed by atoms with Gasteiger partial charge in [-0.25, -0.2) is 0 Å². The Balaban J connectivity index is 1.95. The van der Waals surface area contributed by atoms with Crippen molar-refractivity contribution in [2.24, 2.45) is 0 Å². The highest BCUT2D eigenvalue weighted by molar-refractivity contribution is 6.46. The Hall–Kier alpha value is -2.99. The molecule has 162 valence electrons. The molecule has 2 fully saturated rings. The van der Waals surface area contributed by atoms with Gasteiger partial charge < -0.3 is 19.8 Å². The van der Waals surface area contributed by atoms with E-state index in [0.29, 0.717) is 16.9 Å². The van der Waals surface area contributed by atoms with Crippen LogP contribution in [0, 0.1) is 6.92 Å². The fourth-order valence-electron chi connectivity index (χ4n) is 4.58. The second-order valence-corrected chi connectivity index (χ2v) is 8.47. The lowest BCUT2D eigenvalue weighted by atomic mass is 9.94. The summed E-state index contributed by atoms with van der Waals surface area (Å²) in [7, 11) is 1.48. The van der Waals surface area contributed by atoms with Gasteiger partial charge in [0.2, 0.25) is 0 Å². The Kier molecular flexibility index (Phi) is 5.67. The largest absolute Gasteiger partial charge is 0.507 e. The zero-order valence-electron chi connectivity index (χ0n) is 17.4. The number of hydrogen-bond acceptors (Lipinski definition) is 5. The first kappa shape index (κ1) is 21.2. The van der Waals surface area contributed by atoms with Crippen LogP contribution in [0.15, 0.2) is 42.0 Å². The normalized spacial score (nSPS) is 21.1. The van der Waals surface area contributed by atoms with Crippen LogP contribution in [-0.4, -0.2) is 40.0 Å². The number of phenols is 1. The van der Waals surface area contributed by atoms with E-state index in [-0.39, 0.29) is 28.1 Å². The highest BCUT2D eigenvalue weighted by Gasteiger charge is 2.49. The van der Waals surface area contributed by atoms with E-state index in [0.717, 1.165) is 31.2 Å². The highest BCUT2D eigenvalue weighted by Crippen LogP contribution is 2.45. The zero-order chi connectivity index (χ0) is 22.3. The Morgan fingerprint density at radius 3 is 2.48 bits per heavy atom. The van der Waals surface area contributed by atoms with Crippen LogP contribution in [0.2, 0.25) is 5.02 Å². The number of nitrogens with zero attached hydrogens (tertiary/aromatic N) is 1. The number of amides is 1. The molecule has 0 bridgehead atoms. The van der Waals surface area contributed by atoms with Gasteiger partial charge in [-0.1, -0.05) is 42.1 Å². The van der Waals surface area contributed by atoms with Crippen molar-refractivity contribution in [3.05, 3.63) is 63.7 Å². The van der Waals surface area contributed by atoms with Crippen molar-refractivity contribution in [2.75, 3.05) is 7.11 Å². The molecule has 2 N–H and O–H groups in total. The molecule has 0 spiro atoms. The number of aliphatic hydroxyl groups is 1. The number of rotatable bonds is 4. The lowest BCUT2D eigenvalue weighted by Gasteiger charge is -2.31. The average Bonchev–Trinajstić information content (AvgIpc) is 3.36. The van der Waals surface area contributed by atoms with Gasteiger partial charge in [-0.3, -0.25) is 9.59 Å². The van der Waals surface area contributed by atoms with Crippen LogP contribution < -0.4 is 4.74 Å². The summed E-state index contributed by atoms with van der Waals surface area (Å²) < 4.78 is 5.39. The number of carbonyl (C=O) groups excluding carboxylic acids is 2. The number of aryl methyl sites for hydroxylation is 1. The van der Waals surface area contributed by atoms with Crippen molar-refractivity contribution in [2.45, 2.75) is 44.7 Å². The van der Waals surface area contributed by atoms with Crippen LogP contribution in [0.3, 0.4) is 0 Å². The molecule has 1 unspecified atom stereocenters. The molecule has 6 nitrogen and oxygen atoms in total. The average molecular weight is 442 g/mol. The van der Waals surface area contributed by atoms with E-state index in [1.54, 1.807) is 23.1 Å². The van der Waals surface area contributed by atoms with E-state index >= 15 is 0 Å². The maximum atomic E-state index is 13.2. The number of likely N-dealkylation sites (tertiary alicyclic amines) is 1. The SMILES string of the molecule is COc1ccc(C)cc1/C(O)=C1\C(=O)C(=O)N(C2CCCC2)C1c1ccc(O)c(Cl)c1. The molecule has 1 aliphatic heterocycles. The number of ether oxygens (including phenoxy) is 1. The van der Waals surface area contributed by atoms with E-state index in [9.17, 15) is 19.8 Å². The molecule has 1 amide bonds. The molecule has 7 heteroatoms. The summed E-state index contributed by atoms with van der Waals surface area (Å²) in [5, 5.41) is 21.3. The summed E-state index contributed by atoms with van der Waals surface area (Å²) in [4.78, 5) is 27.9. The van der Waals surface area contributed by atoms with Crippen molar-refractivity contribution >= 4 is 29.1 Å². The number of Topliss-reactive ketones (excluding diaryl/α,β-unsaturated/α-hetero) is 1. The number of ketones is 1. The van der Waals surface area contributed by atoms with Crippen LogP contribution >= 0.6 is 11.6 Å². The number of phenolic OH excluding ortho intramolecular Hbond substituents is 1. The molecule has 1 atom stereocenters. The molecule has 1 aliphatic carbocycles. The van der Waals surface area contributed by atoms with Gasteiger partial charge in [0.25, 0.3) is 11.7 Å². The Morgan fingerprint density at radius 2 is 1.84 bits per heavy atom. The lowest BCUT2D eigenvalue weighted by molar-refractivity contribution is -0.141. The van der Waals surface area contributed by atoms with Crippen LogP contribution in [0.25, 0.3) is 5.76 Å². The fourth-order valence-corrected chi connectivity index (χ4v) is 4.77. The van der Waals surface area contributed by atoms with Gasteiger partial charge >= 0.3 is 0 Å².